The number of hydrogen-bond acceptors (Lipinski definition) is 7. The fraction of sp³-hybridized carbons (Fsp3) is 0.263. The zero-order valence-electron chi connectivity index (χ0n) is 16.6. The Bertz CT molecular complexity index is 943. The van der Waals surface area contributed by atoms with Crippen molar-refractivity contribution < 1.29 is 19.3 Å². The zero-order valence-corrected chi connectivity index (χ0v) is 16.6. The quantitative estimate of drug-likeness (QED) is 0.241. The predicted molar refractivity (Wildman–Crippen MR) is 109 cm³/mol. The molecule has 0 spiro atoms. The van der Waals surface area contributed by atoms with Gasteiger partial charge in [-0.15, -0.1) is 0 Å². The van der Waals surface area contributed by atoms with Crippen molar-refractivity contribution in [2.45, 2.75) is 20.5 Å². The van der Waals surface area contributed by atoms with E-state index in [9.17, 15) is 14.9 Å². The molecule has 0 heterocycles. The van der Waals surface area contributed by atoms with Gasteiger partial charge in [0, 0.05) is 29.9 Å². The molecule has 0 aliphatic heterocycles. The maximum atomic E-state index is 11.9. The lowest BCUT2D eigenvalue weighted by Gasteiger charge is -2.17. The molecule has 0 aliphatic carbocycles. The third kappa shape index (κ3) is 5.42. The van der Waals surface area contributed by atoms with Crippen LogP contribution in [0.1, 0.15) is 23.6 Å². The summed E-state index contributed by atoms with van der Waals surface area (Å²) in [6.45, 7) is 3.55. The molecule has 10 nitrogen and oxygen atoms in total. The highest BCUT2D eigenvalue weighted by Gasteiger charge is 2.19. The summed E-state index contributed by atoms with van der Waals surface area (Å²) < 4.78 is 5.73. The van der Waals surface area contributed by atoms with E-state index in [0.29, 0.717) is 22.5 Å². The number of nitro benzene ring substituents is 1. The number of carbonyl (C=O) groups is 1. The molecule has 3 N–H and O–H groups in total. The Morgan fingerprint density at radius 1 is 1.34 bits per heavy atom. The first-order chi connectivity index (χ1) is 13.7. The number of benzene rings is 2. The number of nitro groups is 1. The van der Waals surface area contributed by atoms with E-state index in [1.807, 2.05) is 13.0 Å². The minimum absolute atomic E-state index is 0.0158. The summed E-state index contributed by atoms with van der Waals surface area (Å²) in [6, 6.07) is 9.37. The van der Waals surface area contributed by atoms with Crippen LogP contribution in [0.2, 0.25) is 0 Å². The number of ether oxygens (including phenoxy) is 1. The highest BCUT2D eigenvalue weighted by molar-refractivity contribution is 5.99. The van der Waals surface area contributed by atoms with Gasteiger partial charge < -0.3 is 14.9 Å². The fourth-order valence-electron chi connectivity index (χ4n) is 2.56. The molecule has 2 aromatic rings. The topological polar surface area (TPSA) is 132 Å². The second-order valence-corrected chi connectivity index (χ2v) is 6.23. The molecule has 29 heavy (non-hydrogen) atoms. The first kappa shape index (κ1) is 21.6. The third-order valence-electron chi connectivity index (χ3n) is 4.15. The molecule has 0 saturated carbocycles. The first-order valence-electron chi connectivity index (χ1n) is 8.61. The summed E-state index contributed by atoms with van der Waals surface area (Å²) in [6.07, 6.45) is 0. The summed E-state index contributed by atoms with van der Waals surface area (Å²) >= 11 is 0. The van der Waals surface area contributed by atoms with Crippen molar-refractivity contribution in [2.24, 2.45) is 11.0 Å². The van der Waals surface area contributed by atoms with Crippen molar-refractivity contribution in [3.8, 4) is 5.75 Å². The van der Waals surface area contributed by atoms with Gasteiger partial charge in [0.15, 0.2) is 5.75 Å². The van der Waals surface area contributed by atoms with Crippen molar-refractivity contribution in [3.63, 3.8) is 0 Å². The minimum Gasteiger partial charge on any atom is -0.482 e. The summed E-state index contributed by atoms with van der Waals surface area (Å²) in [5.74, 6) is 5.54. The number of anilines is 1. The molecule has 0 aromatic heterocycles. The zero-order chi connectivity index (χ0) is 21.6. The maximum absolute atomic E-state index is 11.9. The van der Waals surface area contributed by atoms with Gasteiger partial charge in [-0.05, 0) is 37.6 Å². The molecule has 0 aliphatic rings. The van der Waals surface area contributed by atoms with Crippen molar-refractivity contribution in [1.82, 2.24) is 5.01 Å². The van der Waals surface area contributed by atoms with Gasteiger partial charge in [0.25, 0.3) is 0 Å². The average Bonchev–Trinajstić information content (AvgIpc) is 2.67. The van der Waals surface area contributed by atoms with Crippen LogP contribution >= 0.6 is 0 Å². The lowest BCUT2D eigenvalue weighted by atomic mass is 10.1. The van der Waals surface area contributed by atoms with E-state index < -0.39 is 11.0 Å². The predicted octanol–water partition coefficient (Wildman–Crippen LogP) is 3.19. The fourth-order valence-corrected chi connectivity index (χ4v) is 2.56. The van der Waals surface area contributed by atoms with Gasteiger partial charge in [-0.3, -0.25) is 15.1 Å². The van der Waals surface area contributed by atoms with Crippen molar-refractivity contribution in [3.05, 3.63) is 63.2 Å². The monoisotopic (exact) mass is 401 g/mol. The number of nitrogens with zero attached hydrogens (tertiary/aromatic N) is 3. The van der Waals surface area contributed by atoms with Crippen molar-refractivity contribution in [2.75, 3.05) is 19.5 Å². The lowest BCUT2D eigenvalue weighted by molar-refractivity contribution is -0.386. The molecule has 0 bridgehead atoms. The highest BCUT2D eigenvalue weighted by Crippen LogP contribution is 2.30. The van der Waals surface area contributed by atoms with E-state index in [1.165, 1.54) is 26.3 Å². The van der Waals surface area contributed by atoms with E-state index >= 15 is 0 Å². The molecule has 2 aromatic carbocycles. The molecule has 10 heteroatoms. The van der Waals surface area contributed by atoms with Crippen LogP contribution in [0, 0.1) is 17.0 Å². The standard InChI is InChI=1S/C19H23N5O5/c1-12-6-5-7-16(21-19(25)23(3)20)15(12)11-29-18-9-8-14(13(2)22-28-4)10-17(18)24(26)27/h5-10H,11,20H2,1-4H3,(H,21,25). The van der Waals surface area contributed by atoms with Gasteiger partial charge in [0.2, 0.25) is 0 Å². The number of aryl methyl sites for hydroxylation is 1. The molecular formula is C19H23N5O5. The number of oxime groups is 1. The second-order valence-electron chi connectivity index (χ2n) is 6.23. The summed E-state index contributed by atoms with van der Waals surface area (Å²) in [5.41, 5.74) is 2.88. The number of hydrogen-bond donors (Lipinski definition) is 2. The Kier molecular flexibility index (Phi) is 7.10. The van der Waals surface area contributed by atoms with E-state index in [1.54, 1.807) is 25.1 Å². The Balaban J connectivity index is 2.31. The van der Waals surface area contributed by atoms with Crippen LogP contribution in [0.15, 0.2) is 41.6 Å². The number of carbonyl (C=O) groups excluding carboxylic acids is 1. The number of rotatable bonds is 7. The highest BCUT2D eigenvalue weighted by atomic mass is 16.6. The Hall–Kier alpha value is -3.66. The average molecular weight is 401 g/mol. The maximum Gasteiger partial charge on any atom is 0.335 e. The van der Waals surface area contributed by atoms with Crippen LogP contribution in [-0.2, 0) is 11.4 Å². The van der Waals surface area contributed by atoms with E-state index in [4.69, 9.17) is 15.4 Å². The van der Waals surface area contributed by atoms with Crippen LogP contribution in [0.4, 0.5) is 16.2 Å². The van der Waals surface area contributed by atoms with Crippen molar-refractivity contribution in [1.29, 1.82) is 0 Å². The number of urea groups is 1. The van der Waals surface area contributed by atoms with Crippen LogP contribution < -0.4 is 15.9 Å². The SMILES string of the molecule is CON=C(C)c1ccc(OCc2c(C)cccc2NC(=O)N(C)N)c([N+](=O)[O-])c1. The smallest absolute Gasteiger partial charge is 0.335 e. The van der Waals surface area contributed by atoms with Crippen molar-refractivity contribution >= 4 is 23.1 Å². The molecule has 2 amide bonds. The number of hydrazine groups is 1. The van der Waals surface area contributed by atoms with Gasteiger partial charge in [0.1, 0.15) is 13.7 Å². The number of nitrogens with two attached hydrogens (primary N) is 1. The molecular weight excluding hydrogens is 378 g/mol. The van der Waals surface area contributed by atoms with E-state index in [0.717, 1.165) is 10.6 Å². The summed E-state index contributed by atoms with van der Waals surface area (Å²) in [5, 5.41) is 18.9. The largest absolute Gasteiger partial charge is 0.482 e. The first-order valence-corrected chi connectivity index (χ1v) is 8.61. The number of nitrogens with one attached hydrogen (secondary N) is 1. The Morgan fingerprint density at radius 2 is 2.07 bits per heavy atom. The summed E-state index contributed by atoms with van der Waals surface area (Å²) in [7, 11) is 2.82. The minimum atomic E-state index is -0.525. The Labute approximate surface area is 168 Å². The summed E-state index contributed by atoms with van der Waals surface area (Å²) in [4.78, 5) is 27.6. The molecule has 0 radical (unpaired) electrons. The van der Waals surface area contributed by atoms with Gasteiger partial charge >= 0.3 is 11.7 Å². The second kappa shape index (κ2) is 9.51. The molecule has 0 unspecified atom stereocenters. The van der Waals surface area contributed by atoms with Crippen LogP contribution in [-0.4, -0.2) is 35.8 Å². The normalized spacial score (nSPS) is 11.0. The molecule has 2 rings (SSSR count). The van der Waals surface area contributed by atoms with Gasteiger partial charge in [-0.25, -0.2) is 10.6 Å². The number of amides is 2. The van der Waals surface area contributed by atoms with Gasteiger partial charge in [-0.1, -0.05) is 17.3 Å². The van der Waals surface area contributed by atoms with Gasteiger partial charge in [-0.2, -0.15) is 0 Å². The molecule has 0 saturated heterocycles. The molecule has 0 fully saturated rings. The van der Waals surface area contributed by atoms with Crippen LogP contribution in [0.3, 0.4) is 0 Å². The van der Waals surface area contributed by atoms with E-state index in [-0.39, 0.29) is 18.0 Å². The molecule has 154 valence electrons. The van der Waals surface area contributed by atoms with Crippen LogP contribution in [0.5, 0.6) is 5.75 Å². The Morgan fingerprint density at radius 3 is 2.69 bits per heavy atom. The lowest BCUT2D eigenvalue weighted by Crippen LogP contribution is -2.37. The van der Waals surface area contributed by atoms with E-state index in [2.05, 4.69) is 10.5 Å². The van der Waals surface area contributed by atoms with Gasteiger partial charge in [0.05, 0.1) is 10.6 Å². The third-order valence-corrected chi connectivity index (χ3v) is 4.15. The molecule has 0 atom stereocenters. The van der Waals surface area contributed by atoms with Crippen LogP contribution in [0.25, 0.3) is 0 Å².